The lowest BCUT2D eigenvalue weighted by Crippen LogP contribution is -2.32. The number of anilines is 2. The number of nitrogens with zero attached hydrogens (tertiary/aromatic N) is 3. The Morgan fingerprint density at radius 1 is 1.06 bits per heavy atom. The third-order valence-electron chi connectivity index (χ3n) is 6.02. The number of methoxy groups -OCH3 is 1. The fourth-order valence-corrected chi connectivity index (χ4v) is 4.21. The summed E-state index contributed by atoms with van der Waals surface area (Å²) < 4.78 is 45.5. The number of nitrogens with one attached hydrogen (secondary N) is 1. The fourth-order valence-electron chi connectivity index (χ4n) is 4.21. The maximum Gasteiger partial charge on any atom is 0.416 e. The smallest absolute Gasteiger partial charge is 0.416 e. The first kappa shape index (κ1) is 24.3. The average molecular weight is 486 g/mol. The summed E-state index contributed by atoms with van der Waals surface area (Å²) in [5.74, 6) is -0.231. The zero-order valence-corrected chi connectivity index (χ0v) is 19.5. The van der Waals surface area contributed by atoms with E-state index in [0.29, 0.717) is 41.4 Å². The van der Waals surface area contributed by atoms with Crippen molar-refractivity contribution in [2.45, 2.75) is 39.0 Å². The van der Waals surface area contributed by atoms with Crippen LogP contribution < -0.4 is 10.2 Å². The first-order valence-electron chi connectivity index (χ1n) is 11.1. The van der Waals surface area contributed by atoms with E-state index in [0.717, 1.165) is 24.1 Å². The van der Waals surface area contributed by atoms with Gasteiger partial charge in [-0.2, -0.15) is 18.3 Å². The Morgan fingerprint density at radius 3 is 2.31 bits per heavy atom. The van der Waals surface area contributed by atoms with Gasteiger partial charge in [-0.05, 0) is 62.2 Å². The Kier molecular flexibility index (Phi) is 6.56. The monoisotopic (exact) mass is 486 g/mol. The number of halogens is 3. The van der Waals surface area contributed by atoms with E-state index in [-0.39, 0.29) is 11.9 Å². The van der Waals surface area contributed by atoms with Crippen LogP contribution in [0.1, 0.15) is 56.9 Å². The van der Waals surface area contributed by atoms with Gasteiger partial charge in [0.25, 0.3) is 5.91 Å². The van der Waals surface area contributed by atoms with Gasteiger partial charge >= 0.3 is 12.1 Å². The van der Waals surface area contributed by atoms with E-state index in [4.69, 9.17) is 4.74 Å². The van der Waals surface area contributed by atoms with Crippen LogP contribution >= 0.6 is 0 Å². The maximum atomic E-state index is 13.4. The number of carbonyl (C=O) groups is 2. The van der Waals surface area contributed by atoms with Crippen molar-refractivity contribution >= 4 is 23.4 Å². The molecule has 0 saturated carbocycles. The van der Waals surface area contributed by atoms with Gasteiger partial charge in [0.15, 0.2) is 0 Å². The van der Waals surface area contributed by atoms with Gasteiger partial charge in [-0.25, -0.2) is 9.48 Å². The van der Waals surface area contributed by atoms with Gasteiger partial charge < -0.3 is 15.0 Å². The second kappa shape index (κ2) is 9.44. The number of hydrogen-bond acceptors (Lipinski definition) is 5. The SMILES string of the molecule is COC(=O)c1ccc([C@H](C)NC(=O)c2c(C)nn3c2N(c2ccc(C(F)(F)F)cc2)CCC3)cc1. The molecule has 1 N–H and O–H groups in total. The molecule has 3 aromatic rings. The number of hydrogen-bond donors (Lipinski definition) is 1. The minimum absolute atomic E-state index is 0.341. The molecule has 4 rings (SSSR count). The van der Waals surface area contributed by atoms with Crippen LogP contribution in [-0.4, -0.2) is 35.3 Å². The number of benzene rings is 2. The highest BCUT2D eigenvalue weighted by atomic mass is 19.4. The van der Waals surface area contributed by atoms with Crippen molar-refractivity contribution in [1.29, 1.82) is 0 Å². The Balaban J connectivity index is 1.60. The quantitative estimate of drug-likeness (QED) is 0.512. The van der Waals surface area contributed by atoms with E-state index in [9.17, 15) is 22.8 Å². The van der Waals surface area contributed by atoms with Crippen LogP contribution in [0.3, 0.4) is 0 Å². The first-order valence-corrected chi connectivity index (χ1v) is 11.1. The van der Waals surface area contributed by atoms with Gasteiger partial charge in [0.2, 0.25) is 0 Å². The van der Waals surface area contributed by atoms with E-state index in [1.54, 1.807) is 35.9 Å². The molecule has 7 nitrogen and oxygen atoms in total. The number of aromatic nitrogens is 2. The number of rotatable bonds is 5. The number of amides is 1. The molecule has 0 fully saturated rings. The second-order valence-electron chi connectivity index (χ2n) is 8.37. The molecule has 184 valence electrons. The number of carbonyl (C=O) groups excluding carboxylic acids is 2. The molecule has 1 aliphatic heterocycles. The van der Waals surface area contributed by atoms with E-state index in [1.165, 1.54) is 19.2 Å². The molecule has 2 aromatic carbocycles. The highest BCUT2D eigenvalue weighted by molar-refractivity contribution is 6.01. The zero-order chi connectivity index (χ0) is 25.3. The molecule has 1 aromatic heterocycles. The summed E-state index contributed by atoms with van der Waals surface area (Å²) in [5.41, 5.74) is 1.94. The molecular formula is C25H25F3N4O3. The molecule has 0 unspecified atom stereocenters. The van der Waals surface area contributed by atoms with E-state index in [1.807, 2.05) is 11.8 Å². The summed E-state index contributed by atoms with van der Waals surface area (Å²) in [6, 6.07) is 11.3. The Bertz CT molecular complexity index is 1230. The Hall–Kier alpha value is -3.82. The molecule has 1 amide bonds. The van der Waals surface area contributed by atoms with Crippen molar-refractivity contribution in [3.8, 4) is 0 Å². The summed E-state index contributed by atoms with van der Waals surface area (Å²) >= 11 is 0. The highest BCUT2D eigenvalue weighted by Gasteiger charge is 2.32. The minimum atomic E-state index is -4.42. The molecule has 2 heterocycles. The molecule has 1 aliphatic rings. The van der Waals surface area contributed by atoms with E-state index >= 15 is 0 Å². The van der Waals surface area contributed by atoms with Crippen molar-refractivity contribution in [2.24, 2.45) is 0 Å². The molecule has 0 aliphatic carbocycles. The third kappa shape index (κ3) is 4.87. The van der Waals surface area contributed by atoms with Crippen LogP contribution in [0, 0.1) is 6.92 Å². The van der Waals surface area contributed by atoms with Crippen molar-refractivity contribution in [2.75, 3.05) is 18.6 Å². The average Bonchev–Trinajstić information content (AvgIpc) is 3.19. The van der Waals surface area contributed by atoms with Gasteiger partial charge in [-0.15, -0.1) is 0 Å². The standard InChI is InChI=1S/C25H25F3N4O3/c1-15(17-5-7-18(8-6-17)24(34)35-3)29-22(33)21-16(2)30-32-14-4-13-31(23(21)32)20-11-9-19(10-12-20)25(26,27)28/h5-12,15H,4,13-14H2,1-3H3,(H,29,33)/t15-/m0/s1. The largest absolute Gasteiger partial charge is 0.465 e. The van der Waals surface area contributed by atoms with Crippen LogP contribution in [0.25, 0.3) is 0 Å². The van der Waals surface area contributed by atoms with Gasteiger partial charge in [0.1, 0.15) is 11.4 Å². The van der Waals surface area contributed by atoms with Crippen molar-refractivity contribution in [3.63, 3.8) is 0 Å². The fraction of sp³-hybridized carbons (Fsp3) is 0.320. The first-order chi connectivity index (χ1) is 16.6. The van der Waals surface area contributed by atoms with Crippen LogP contribution in [0.15, 0.2) is 48.5 Å². The van der Waals surface area contributed by atoms with Gasteiger partial charge in [0, 0.05) is 18.8 Å². The number of fused-ring (bicyclic) bond motifs is 1. The second-order valence-corrected chi connectivity index (χ2v) is 8.37. The molecule has 10 heteroatoms. The van der Waals surface area contributed by atoms with Crippen LogP contribution in [0.4, 0.5) is 24.7 Å². The Morgan fingerprint density at radius 2 is 1.71 bits per heavy atom. The summed E-state index contributed by atoms with van der Waals surface area (Å²) in [6.45, 7) is 4.71. The molecule has 35 heavy (non-hydrogen) atoms. The lowest BCUT2D eigenvalue weighted by atomic mass is 10.1. The summed E-state index contributed by atoms with van der Waals surface area (Å²) in [6.07, 6.45) is -3.69. The summed E-state index contributed by atoms with van der Waals surface area (Å²) in [5, 5.41) is 7.48. The number of aryl methyl sites for hydroxylation is 2. The van der Waals surface area contributed by atoms with Crippen molar-refractivity contribution in [1.82, 2.24) is 15.1 Å². The lowest BCUT2D eigenvalue weighted by molar-refractivity contribution is -0.137. The number of esters is 1. The van der Waals surface area contributed by atoms with Crippen molar-refractivity contribution in [3.05, 3.63) is 76.5 Å². The zero-order valence-electron chi connectivity index (χ0n) is 19.5. The normalized spacial score (nSPS) is 14.3. The maximum absolute atomic E-state index is 13.4. The van der Waals surface area contributed by atoms with Gasteiger partial charge in [-0.3, -0.25) is 4.79 Å². The molecule has 0 bridgehead atoms. The summed E-state index contributed by atoms with van der Waals surface area (Å²) in [4.78, 5) is 26.8. The van der Waals surface area contributed by atoms with Crippen molar-refractivity contribution < 1.29 is 27.5 Å². The molecule has 0 spiro atoms. The van der Waals surface area contributed by atoms with Crippen LogP contribution in [0.5, 0.6) is 0 Å². The Labute approximate surface area is 200 Å². The minimum Gasteiger partial charge on any atom is -0.465 e. The van der Waals surface area contributed by atoms with Gasteiger partial charge in [-0.1, -0.05) is 12.1 Å². The third-order valence-corrected chi connectivity index (χ3v) is 6.02. The molecule has 1 atom stereocenters. The highest BCUT2D eigenvalue weighted by Crippen LogP contribution is 2.36. The van der Waals surface area contributed by atoms with E-state index < -0.39 is 17.7 Å². The van der Waals surface area contributed by atoms with Crippen LogP contribution in [0.2, 0.25) is 0 Å². The van der Waals surface area contributed by atoms with Crippen LogP contribution in [-0.2, 0) is 17.5 Å². The predicted octanol–water partition coefficient (Wildman–Crippen LogP) is 5.03. The predicted molar refractivity (Wildman–Crippen MR) is 124 cm³/mol. The van der Waals surface area contributed by atoms with E-state index in [2.05, 4.69) is 10.4 Å². The lowest BCUT2D eigenvalue weighted by Gasteiger charge is -2.31. The number of ether oxygens (including phenoxy) is 1. The van der Waals surface area contributed by atoms with Gasteiger partial charge in [0.05, 0.1) is 30.0 Å². The molecule has 0 saturated heterocycles. The molecular weight excluding hydrogens is 461 g/mol. The summed E-state index contributed by atoms with van der Waals surface area (Å²) in [7, 11) is 1.31. The topological polar surface area (TPSA) is 76.5 Å². The number of alkyl halides is 3. The molecule has 0 radical (unpaired) electrons.